The van der Waals surface area contributed by atoms with E-state index in [-0.39, 0.29) is 18.3 Å². The van der Waals surface area contributed by atoms with E-state index >= 15 is 0 Å². The van der Waals surface area contributed by atoms with Crippen LogP contribution in [0.1, 0.15) is 28.4 Å². The van der Waals surface area contributed by atoms with Gasteiger partial charge in [-0.15, -0.1) is 0 Å². The number of carbonyl (C=O) groups is 1. The van der Waals surface area contributed by atoms with Gasteiger partial charge >= 0.3 is 5.92 Å². The van der Waals surface area contributed by atoms with E-state index in [9.17, 15) is 18.0 Å². The van der Waals surface area contributed by atoms with E-state index in [1.54, 1.807) is 17.0 Å². The van der Waals surface area contributed by atoms with E-state index in [0.717, 1.165) is 6.92 Å². The highest BCUT2D eigenvalue weighted by atomic mass is 35.5. The summed E-state index contributed by atoms with van der Waals surface area (Å²) in [5.74, 6) is -3.79. The highest BCUT2D eigenvalue weighted by molar-refractivity contribution is 6.30. The monoisotopic (exact) mass is 385 g/mol. The van der Waals surface area contributed by atoms with Crippen molar-refractivity contribution in [2.24, 2.45) is 0 Å². The number of carbonyl (C=O) groups excluding carboxylic acids is 1. The number of aromatic nitrogens is 2. The molecule has 1 unspecified atom stereocenters. The Morgan fingerprint density at radius 2 is 2.12 bits per heavy atom. The van der Waals surface area contributed by atoms with Crippen molar-refractivity contribution in [1.82, 2.24) is 14.9 Å². The smallest absolute Gasteiger partial charge is 0.311 e. The largest absolute Gasteiger partial charge is 0.471 e. The summed E-state index contributed by atoms with van der Waals surface area (Å²) in [6, 6.07) is 4.62. The lowest BCUT2D eigenvalue weighted by Crippen LogP contribution is -2.34. The topological polar surface area (TPSA) is 55.3 Å². The number of nitrogens with zero attached hydrogens (tertiary/aromatic N) is 3. The summed E-state index contributed by atoms with van der Waals surface area (Å²) in [6.07, 6.45) is 0.582. The van der Waals surface area contributed by atoms with E-state index in [0.29, 0.717) is 28.4 Å². The quantitative estimate of drug-likeness (QED) is 0.712. The summed E-state index contributed by atoms with van der Waals surface area (Å²) in [5, 5.41) is 0.295. The number of rotatable bonds is 6. The first-order valence-electron chi connectivity index (χ1n) is 7.80. The second-order valence-electron chi connectivity index (χ2n) is 5.96. The first-order valence-corrected chi connectivity index (χ1v) is 8.18. The second kappa shape index (κ2) is 7.11. The van der Waals surface area contributed by atoms with Crippen molar-refractivity contribution in [1.29, 1.82) is 0 Å². The van der Waals surface area contributed by atoms with Gasteiger partial charge in [-0.1, -0.05) is 17.7 Å². The van der Waals surface area contributed by atoms with Gasteiger partial charge in [0.1, 0.15) is 5.15 Å². The van der Waals surface area contributed by atoms with Crippen LogP contribution >= 0.6 is 11.6 Å². The molecule has 9 heteroatoms. The molecule has 1 amide bonds. The molecule has 0 spiro atoms. The van der Waals surface area contributed by atoms with Gasteiger partial charge in [-0.05, 0) is 18.6 Å². The van der Waals surface area contributed by atoms with Gasteiger partial charge in [0.2, 0.25) is 5.88 Å². The fourth-order valence-electron chi connectivity index (χ4n) is 2.47. The Hall–Kier alpha value is -2.35. The van der Waals surface area contributed by atoms with Crippen LogP contribution in [0.15, 0.2) is 30.6 Å². The summed E-state index contributed by atoms with van der Waals surface area (Å²) in [7, 11) is 0. The Morgan fingerprint density at radius 1 is 1.35 bits per heavy atom. The lowest BCUT2D eigenvalue weighted by Gasteiger charge is -2.18. The molecule has 2 aromatic rings. The molecule has 3 rings (SSSR count). The molecule has 26 heavy (non-hydrogen) atoms. The molecule has 5 nitrogen and oxygen atoms in total. The van der Waals surface area contributed by atoms with Gasteiger partial charge in [0.05, 0.1) is 6.54 Å². The number of amides is 1. The number of hydrogen-bond donors (Lipinski definition) is 0. The van der Waals surface area contributed by atoms with Crippen LogP contribution < -0.4 is 4.74 Å². The molecule has 1 atom stereocenters. The number of halogens is 4. The molecule has 1 aliphatic rings. The predicted molar refractivity (Wildman–Crippen MR) is 88.1 cm³/mol. The van der Waals surface area contributed by atoms with Gasteiger partial charge in [-0.3, -0.25) is 4.79 Å². The fraction of sp³-hybridized carbons (Fsp3) is 0.353. The Kier molecular flexibility index (Phi) is 5.04. The SMILES string of the molecule is CC(F)C(F)(F)COc1ccc(CN2Cc3c(ccnc3Cl)C2=O)cn1. The molecule has 2 aromatic heterocycles. The predicted octanol–water partition coefficient (Wildman–Crippen LogP) is 3.66. The molecule has 0 N–H and O–H groups in total. The molecule has 0 saturated carbocycles. The van der Waals surface area contributed by atoms with Crippen molar-refractivity contribution >= 4 is 17.5 Å². The average Bonchev–Trinajstić information content (AvgIpc) is 2.92. The summed E-state index contributed by atoms with van der Waals surface area (Å²) in [6.45, 7) is 0.281. The zero-order chi connectivity index (χ0) is 18.9. The Balaban J connectivity index is 1.62. The van der Waals surface area contributed by atoms with Crippen LogP contribution in [0.4, 0.5) is 13.2 Å². The van der Waals surface area contributed by atoms with E-state index in [1.807, 2.05) is 0 Å². The Bertz CT molecular complexity index is 815. The third kappa shape index (κ3) is 3.75. The zero-order valence-electron chi connectivity index (χ0n) is 13.8. The van der Waals surface area contributed by atoms with Crippen LogP contribution in [0.3, 0.4) is 0 Å². The van der Waals surface area contributed by atoms with Gasteiger partial charge in [-0.25, -0.2) is 14.4 Å². The minimum Gasteiger partial charge on any atom is -0.471 e. The van der Waals surface area contributed by atoms with Gasteiger partial charge < -0.3 is 9.64 Å². The molecule has 1 aliphatic heterocycles. The number of pyridine rings is 2. The van der Waals surface area contributed by atoms with Gasteiger partial charge in [0.15, 0.2) is 12.8 Å². The first-order chi connectivity index (χ1) is 12.3. The van der Waals surface area contributed by atoms with Crippen LogP contribution in [0.25, 0.3) is 0 Å². The van der Waals surface area contributed by atoms with Gasteiger partial charge in [0.25, 0.3) is 5.91 Å². The van der Waals surface area contributed by atoms with Crippen molar-refractivity contribution in [3.63, 3.8) is 0 Å². The normalized spacial score (nSPS) is 15.1. The lowest BCUT2D eigenvalue weighted by atomic mass is 10.2. The van der Waals surface area contributed by atoms with Crippen LogP contribution in [0.2, 0.25) is 5.15 Å². The van der Waals surface area contributed by atoms with Gasteiger partial charge in [-0.2, -0.15) is 8.78 Å². The van der Waals surface area contributed by atoms with Crippen LogP contribution in [-0.4, -0.2) is 39.5 Å². The molecule has 0 fully saturated rings. The number of hydrogen-bond acceptors (Lipinski definition) is 4. The highest BCUT2D eigenvalue weighted by Crippen LogP contribution is 2.28. The molecular formula is C17H15ClF3N3O2. The van der Waals surface area contributed by atoms with Crippen LogP contribution in [-0.2, 0) is 13.1 Å². The fourth-order valence-corrected chi connectivity index (χ4v) is 2.69. The standard InChI is InChI=1S/C17H15ClF3N3O2/c1-10(19)17(20,21)9-26-14-3-2-11(6-23-14)7-24-8-13-12(16(24)25)4-5-22-15(13)18/h2-6,10H,7-9H2,1H3. The number of fused-ring (bicyclic) bond motifs is 1. The zero-order valence-corrected chi connectivity index (χ0v) is 14.5. The van der Waals surface area contributed by atoms with Gasteiger partial charge in [0, 0.05) is 36.1 Å². The summed E-state index contributed by atoms with van der Waals surface area (Å²) >= 11 is 6.01. The summed E-state index contributed by atoms with van der Waals surface area (Å²) < 4.78 is 44.0. The first kappa shape index (κ1) is 18.4. The molecule has 3 heterocycles. The molecule has 0 saturated heterocycles. The maximum absolute atomic E-state index is 13.2. The Morgan fingerprint density at radius 3 is 2.73 bits per heavy atom. The molecule has 0 aliphatic carbocycles. The van der Waals surface area contributed by atoms with E-state index < -0.39 is 18.7 Å². The molecule has 0 radical (unpaired) electrons. The number of alkyl halides is 3. The molecular weight excluding hydrogens is 371 g/mol. The second-order valence-corrected chi connectivity index (χ2v) is 6.32. The number of ether oxygens (including phenoxy) is 1. The average molecular weight is 386 g/mol. The molecule has 0 bridgehead atoms. The molecule has 0 aromatic carbocycles. The Labute approximate surface area is 152 Å². The van der Waals surface area contributed by atoms with Crippen molar-refractivity contribution in [2.45, 2.75) is 32.1 Å². The van der Waals surface area contributed by atoms with E-state index in [2.05, 4.69) is 9.97 Å². The van der Waals surface area contributed by atoms with Crippen molar-refractivity contribution in [2.75, 3.05) is 6.61 Å². The summed E-state index contributed by atoms with van der Waals surface area (Å²) in [4.78, 5) is 21.8. The maximum Gasteiger partial charge on any atom is 0.311 e. The maximum atomic E-state index is 13.2. The lowest BCUT2D eigenvalue weighted by molar-refractivity contribution is -0.0948. The highest BCUT2D eigenvalue weighted by Gasteiger charge is 2.38. The van der Waals surface area contributed by atoms with Crippen molar-refractivity contribution < 1.29 is 22.7 Å². The minimum absolute atomic E-state index is 0.0441. The summed E-state index contributed by atoms with van der Waals surface area (Å²) in [5.41, 5.74) is 1.88. The third-order valence-electron chi connectivity index (χ3n) is 4.04. The third-order valence-corrected chi connectivity index (χ3v) is 4.36. The van der Waals surface area contributed by atoms with Crippen LogP contribution in [0, 0.1) is 0 Å². The van der Waals surface area contributed by atoms with Crippen molar-refractivity contribution in [3.05, 3.63) is 52.4 Å². The van der Waals surface area contributed by atoms with Crippen LogP contribution in [0.5, 0.6) is 5.88 Å². The van der Waals surface area contributed by atoms with E-state index in [4.69, 9.17) is 16.3 Å². The van der Waals surface area contributed by atoms with E-state index in [1.165, 1.54) is 18.5 Å². The minimum atomic E-state index is -3.58. The molecule has 138 valence electrons. The van der Waals surface area contributed by atoms with Crippen molar-refractivity contribution in [3.8, 4) is 5.88 Å².